The number of alkyl halides is 1. The minimum Gasteiger partial charge on any atom is -0.325 e. The Morgan fingerprint density at radius 2 is 2.40 bits per heavy atom. The quantitative estimate of drug-likeness (QED) is 0.821. The van der Waals surface area contributed by atoms with E-state index in [1.165, 1.54) is 0 Å². The number of benzene rings is 1. The van der Waals surface area contributed by atoms with E-state index in [0.717, 1.165) is 16.6 Å². The standard InChI is InChI=1S/C10H10BrN3O/c1-6(11)10(15)13-8-2-3-9-7(4-8)5-12-14-9/h2-6H,1H3,(H,12,14)(H,13,15). The monoisotopic (exact) mass is 267 g/mol. The number of aromatic amines is 1. The van der Waals surface area contributed by atoms with Crippen LogP contribution in [-0.4, -0.2) is 20.9 Å². The SMILES string of the molecule is CC(Br)C(=O)Nc1ccc2[nH]ncc2c1. The molecule has 0 aliphatic carbocycles. The molecule has 2 rings (SSSR count). The lowest BCUT2D eigenvalue weighted by molar-refractivity contribution is -0.115. The van der Waals surface area contributed by atoms with Crippen molar-refractivity contribution in [3.8, 4) is 0 Å². The maximum atomic E-state index is 11.4. The molecular weight excluding hydrogens is 258 g/mol. The number of hydrogen-bond acceptors (Lipinski definition) is 2. The van der Waals surface area contributed by atoms with Crippen LogP contribution in [0.4, 0.5) is 5.69 Å². The first-order valence-corrected chi connectivity index (χ1v) is 5.46. The smallest absolute Gasteiger partial charge is 0.237 e. The molecule has 4 nitrogen and oxygen atoms in total. The van der Waals surface area contributed by atoms with Crippen molar-refractivity contribution in [2.45, 2.75) is 11.8 Å². The van der Waals surface area contributed by atoms with E-state index in [9.17, 15) is 4.79 Å². The van der Waals surface area contributed by atoms with Gasteiger partial charge >= 0.3 is 0 Å². The van der Waals surface area contributed by atoms with Crippen LogP contribution >= 0.6 is 15.9 Å². The summed E-state index contributed by atoms with van der Waals surface area (Å²) in [6.07, 6.45) is 1.72. The Kier molecular flexibility index (Phi) is 2.73. The number of hydrogen-bond donors (Lipinski definition) is 2. The molecule has 1 heterocycles. The molecule has 0 radical (unpaired) electrons. The van der Waals surface area contributed by atoms with Gasteiger partial charge in [0.1, 0.15) is 0 Å². The van der Waals surface area contributed by atoms with Gasteiger partial charge in [0.05, 0.1) is 16.5 Å². The molecule has 2 N–H and O–H groups in total. The maximum absolute atomic E-state index is 11.4. The largest absolute Gasteiger partial charge is 0.325 e. The second-order valence-corrected chi connectivity index (χ2v) is 4.65. The van der Waals surface area contributed by atoms with Gasteiger partial charge < -0.3 is 5.32 Å². The first-order valence-electron chi connectivity index (χ1n) is 4.55. The lowest BCUT2D eigenvalue weighted by Gasteiger charge is -2.06. The molecule has 2 aromatic rings. The summed E-state index contributed by atoms with van der Waals surface area (Å²) in [5.41, 5.74) is 1.74. The van der Waals surface area contributed by atoms with E-state index in [2.05, 4.69) is 31.4 Å². The average Bonchev–Trinajstić information content (AvgIpc) is 2.64. The van der Waals surface area contributed by atoms with Crippen molar-refractivity contribution in [1.29, 1.82) is 0 Å². The highest BCUT2D eigenvalue weighted by atomic mass is 79.9. The first-order chi connectivity index (χ1) is 7.16. The predicted octanol–water partition coefficient (Wildman–Crippen LogP) is 2.28. The van der Waals surface area contributed by atoms with Crippen LogP contribution in [0.2, 0.25) is 0 Å². The maximum Gasteiger partial charge on any atom is 0.237 e. The number of aromatic nitrogens is 2. The number of halogens is 1. The van der Waals surface area contributed by atoms with Crippen LogP contribution in [0.5, 0.6) is 0 Å². The molecule has 78 valence electrons. The van der Waals surface area contributed by atoms with Gasteiger partial charge in [0.15, 0.2) is 0 Å². The van der Waals surface area contributed by atoms with Crippen molar-refractivity contribution < 1.29 is 4.79 Å². The lowest BCUT2D eigenvalue weighted by Crippen LogP contribution is -2.19. The minimum atomic E-state index is -0.197. The fourth-order valence-electron chi connectivity index (χ4n) is 1.26. The summed E-state index contributed by atoms with van der Waals surface area (Å²) < 4.78 is 0. The molecule has 0 saturated heterocycles. The van der Waals surface area contributed by atoms with E-state index in [1.54, 1.807) is 13.1 Å². The van der Waals surface area contributed by atoms with Gasteiger partial charge in [-0.1, -0.05) is 15.9 Å². The molecule has 0 fully saturated rings. The minimum absolute atomic E-state index is 0.0576. The summed E-state index contributed by atoms with van der Waals surface area (Å²) in [4.78, 5) is 11.2. The van der Waals surface area contributed by atoms with Crippen LogP contribution in [0.1, 0.15) is 6.92 Å². The second kappa shape index (κ2) is 4.02. The molecule has 0 bridgehead atoms. The van der Waals surface area contributed by atoms with Gasteiger partial charge in [0.25, 0.3) is 0 Å². The topological polar surface area (TPSA) is 57.8 Å². The summed E-state index contributed by atoms with van der Waals surface area (Å²) in [5, 5.41) is 10.5. The van der Waals surface area contributed by atoms with E-state index >= 15 is 0 Å². The van der Waals surface area contributed by atoms with E-state index in [1.807, 2.05) is 18.2 Å². The van der Waals surface area contributed by atoms with Gasteiger partial charge in [-0.15, -0.1) is 0 Å². The lowest BCUT2D eigenvalue weighted by atomic mass is 10.2. The van der Waals surface area contributed by atoms with Gasteiger partial charge in [0, 0.05) is 11.1 Å². The van der Waals surface area contributed by atoms with Crippen LogP contribution in [0.3, 0.4) is 0 Å². The molecule has 5 heteroatoms. The Morgan fingerprint density at radius 3 is 3.13 bits per heavy atom. The number of nitrogens with one attached hydrogen (secondary N) is 2. The van der Waals surface area contributed by atoms with Crippen LogP contribution < -0.4 is 5.32 Å². The number of rotatable bonds is 2. The Bertz CT molecular complexity index is 492. The van der Waals surface area contributed by atoms with Gasteiger partial charge in [-0.3, -0.25) is 9.89 Å². The third-order valence-electron chi connectivity index (χ3n) is 2.07. The third kappa shape index (κ3) is 2.18. The highest BCUT2D eigenvalue weighted by Gasteiger charge is 2.08. The van der Waals surface area contributed by atoms with Crippen molar-refractivity contribution in [2.75, 3.05) is 5.32 Å². The first kappa shape index (κ1) is 10.2. The Hall–Kier alpha value is -1.36. The van der Waals surface area contributed by atoms with E-state index in [-0.39, 0.29) is 10.7 Å². The molecule has 1 unspecified atom stereocenters. The fourth-order valence-corrected chi connectivity index (χ4v) is 1.38. The summed E-state index contributed by atoms with van der Waals surface area (Å²) >= 11 is 3.21. The number of carbonyl (C=O) groups is 1. The Morgan fingerprint density at radius 1 is 1.60 bits per heavy atom. The van der Waals surface area contributed by atoms with Crippen LogP contribution in [0.25, 0.3) is 10.9 Å². The zero-order valence-electron chi connectivity index (χ0n) is 8.12. The molecule has 0 aliphatic heterocycles. The number of fused-ring (bicyclic) bond motifs is 1. The van der Waals surface area contributed by atoms with Crippen molar-refractivity contribution in [2.24, 2.45) is 0 Å². The average molecular weight is 268 g/mol. The van der Waals surface area contributed by atoms with Gasteiger partial charge in [-0.05, 0) is 25.1 Å². The molecule has 1 aromatic carbocycles. The molecule has 1 amide bonds. The predicted molar refractivity (Wildman–Crippen MR) is 63.1 cm³/mol. The van der Waals surface area contributed by atoms with E-state index < -0.39 is 0 Å². The van der Waals surface area contributed by atoms with Crippen molar-refractivity contribution in [1.82, 2.24) is 10.2 Å². The second-order valence-electron chi connectivity index (χ2n) is 3.28. The van der Waals surface area contributed by atoms with E-state index in [4.69, 9.17) is 0 Å². The summed E-state index contributed by atoms with van der Waals surface area (Å²) in [6, 6.07) is 5.61. The van der Waals surface area contributed by atoms with Crippen molar-refractivity contribution in [3.05, 3.63) is 24.4 Å². The normalized spacial score (nSPS) is 12.7. The summed E-state index contributed by atoms with van der Waals surface area (Å²) in [5.74, 6) is -0.0576. The van der Waals surface area contributed by atoms with Crippen LogP contribution in [0.15, 0.2) is 24.4 Å². The molecule has 1 aromatic heterocycles. The fraction of sp³-hybridized carbons (Fsp3) is 0.200. The zero-order valence-corrected chi connectivity index (χ0v) is 9.71. The van der Waals surface area contributed by atoms with Crippen LogP contribution in [0, 0.1) is 0 Å². The van der Waals surface area contributed by atoms with Crippen molar-refractivity contribution >= 4 is 38.4 Å². The highest BCUT2D eigenvalue weighted by Crippen LogP contribution is 2.17. The zero-order chi connectivity index (χ0) is 10.8. The van der Waals surface area contributed by atoms with Gasteiger partial charge in [-0.25, -0.2) is 0 Å². The van der Waals surface area contributed by atoms with Crippen molar-refractivity contribution in [3.63, 3.8) is 0 Å². The molecule has 0 saturated carbocycles. The molecule has 0 aliphatic rings. The molecular formula is C10H10BrN3O. The number of amides is 1. The number of anilines is 1. The number of H-pyrrole nitrogens is 1. The Balaban J connectivity index is 2.25. The number of nitrogens with zero attached hydrogens (tertiary/aromatic N) is 1. The highest BCUT2D eigenvalue weighted by molar-refractivity contribution is 9.10. The molecule has 15 heavy (non-hydrogen) atoms. The molecule has 1 atom stereocenters. The van der Waals surface area contributed by atoms with Gasteiger partial charge in [-0.2, -0.15) is 5.10 Å². The summed E-state index contributed by atoms with van der Waals surface area (Å²) in [6.45, 7) is 1.78. The molecule has 0 spiro atoms. The summed E-state index contributed by atoms with van der Waals surface area (Å²) in [7, 11) is 0. The van der Waals surface area contributed by atoms with Crippen LogP contribution in [-0.2, 0) is 4.79 Å². The van der Waals surface area contributed by atoms with E-state index in [0.29, 0.717) is 0 Å². The third-order valence-corrected chi connectivity index (χ3v) is 2.48. The Labute approximate surface area is 95.2 Å². The number of carbonyl (C=O) groups excluding carboxylic acids is 1. The van der Waals surface area contributed by atoms with Gasteiger partial charge in [0.2, 0.25) is 5.91 Å².